The fourth-order valence-corrected chi connectivity index (χ4v) is 2.95. The maximum absolute atomic E-state index is 9.28. The second kappa shape index (κ2) is 5.58. The molecule has 1 aromatic heterocycles. The molecular formula is C15H22N2O. The molecule has 0 radical (unpaired) electrons. The van der Waals surface area contributed by atoms with E-state index in [0.29, 0.717) is 6.04 Å². The Balaban J connectivity index is 2.04. The van der Waals surface area contributed by atoms with Gasteiger partial charge in [-0.05, 0) is 45.2 Å². The first kappa shape index (κ1) is 13.2. The molecule has 0 aromatic carbocycles. The summed E-state index contributed by atoms with van der Waals surface area (Å²) in [7, 11) is 2.12. The molecule has 0 bridgehead atoms. The van der Waals surface area contributed by atoms with Crippen molar-refractivity contribution in [2.45, 2.75) is 45.7 Å². The predicted molar refractivity (Wildman–Crippen MR) is 70.8 cm³/mol. The van der Waals surface area contributed by atoms with Crippen LogP contribution in [-0.4, -0.2) is 18.0 Å². The molecule has 0 N–H and O–H groups in total. The molecule has 3 nitrogen and oxygen atoms in total. The molecule has 18 heavy (non-hydrogen) atoms. The van der Waals surface area contributed by atoms with Gasteiger partial charge in [0.1, 0.15) is 5.76 Å². The van der Waals surface area contributed by atoms with E-state index in [-0.39, 0.29) is 5.92 Å². The first-order chi connectivity index (χ1) is 8.61. The molecule has 1 fully saturated rings. The first-order valence-electron chi connectivity index (χ1n) is 6.74. The molecule has 98 valence electrons. The second-order valence-electron chi connectivity index (χ2n) is 5.64. The number of hydrogen-bond acceptors (Lipinski definition) is 3. The van der Waals surface area contributed by atoms with E-state index in [2.05, 4.69) is 24.9 Å². The van der Waals surface area contributed by atoms with E-state index in [9.17, 15) is 5.26 Å². The van der Waals surface area contributed by atoms with Gasteiger partial charge in [0.05, 0.1) is 18.3 Å². The topological polar surface area (TPSA) is 40.2 Å². The highest BCUT2D eigenvalue weighted by Gasteiger charge is 2.31. The quantitative estimate of drug-likeness (QED) is 0.821. The van der Waals surface area contributed by atoms with Crippen molar-refractivity contribution in [3.05, 3.63) is 23.7 Å². The lowest BCUT2D eigenvalue weighted by atomic mass is 9.79. The van der Waals surface area contributed by atoms with Crippen molar-refractivity contribution in [1.29, 1.82) is 5.26 Å². The van der Waals surface area contributed by atoms with Crippen molar-refractivity contribution in [2.75, 3.05) is 7.05 Å². The number of hydrogen-bond donors (Lipinski definition) is 0. The minimum absolute atomic E-state index is 0.179. The van der Waals surface area contributed by atoms with Crippen LogP contribution in [0.15, 0.2) is 16.7 Å². The summed E-state index contributed by atoms with van der Waals surface area (Å²) in [4.78, 5) is 2.32. The summed E-state index contributed by atoms with van der Waals surface area (Å²) >= 11 is 0. The van der Waals surface area contributed by atoms with E-state index >= 15 is 0 Å². The Hall–Kier alpha value is -1.27. The SMILES string of the molecule is Cc1occc1CN(C)C1CC(C)CCC1C#N. The Bertz CT molecular complexity index is 432. The van der Waals surface area contributed by atoms with E-state index in [4.69, 9.17) is 4.42 Å². The average Bonchev–Trinajstić information content (AvgIpc) is 2.75. The zero-order chi connectivity index (χ0) is 13.1. The summed E-state index contributed by atoms with van der Waals surface area (Å²) in [6.45, 7) is 5.16. The molecule has 1 aliphatic rings. The average molecular weight is 246 g/mol. The molecule has 3 unspecified atom stereocenters. The number of furan rings is 1. The van der Waals surface area contributed by atoms with Gasteiger partial charge in [0, 0.05) is 18.2 Å². The van der Waals surface area contributed by atoms with Crippen LogP contribution in [-0.2, 0) is 6.54 Å². The summed E-state index contributed by atoms with van der Waals surface area (Å²) < 4.78 is 5.34. The lowest BCUT2D eigenvalue weighted by molar-refractivity contribution is 0.124. The highest BCUT2D eigenvalue weighted by atomic mass is 16.3. The highest BCUT2D eigenvalue weighted by Crippen LogP contribution is 2.32. The summed E-state index contributed by atoms with van der Waals surface area (Å²) in [5, 5.41) is 9.28. The van der Waals surface area contributed by atoms with Crippen LogP contribution in [0, 0.1) is 30.1 Å². The van der Waals surface area contributed by atoms with Crippen molar-refractivity contribution in [3.63, 3.8) is 0 Å². The number of rotatable bonds is 3. The smallest absolute Gasteiger partial charge is 0.105 e. The van der Waals surface area contributed by atoms with Crippen LogP contribution >= 0.6 is 0 Å². The second-order valence-corrected chi connectivity index (χ2v) is 5.64. The van der Waals surface area contributed by atoms with Crippen molar-refractivity contribution in [2.24, 2.45) is 11.8 Å². The first-order valence-corrected chi connectivity index (χ1v) is 6.74. The van der Waals surface area contributed by atoms with Gasteiger partial charge < -0.3 is 4.42 Å². The van der Waals surface area contributed by atoms with Crippen LogP contribution in [0.3, 0.4) is 0 Å². The van der Waals surface area contributed by atoms with E-state index in [0.717, 1.165) is 31.1 Å². The monoisotopic (exact) mass is 246 g/mol. The maximum Gasteiger partial charge on any atom is 0.105 e. The maximum atomic E-state index is 9.28. The Kier molecular flexibility index (Phi) is 4.08. The molecule has 3 atom stereocenters. The molecule has 0 aliphatic heterocycles. The Morgan fingerprint density at radius 1 is 1.50 bits per heavy atom. The molecule has 1 aliphatic carbocycles. The summed E-state index contributed by atoms with van der Waals surface area (Å²) in [5.41, 5.74) is 1.23. The molecule has 1 aromatic rings. The molecule has 3 heteroatoms. The van der Waals surface area contributed by atoms with E-state index < -0.39 is 0 Å². The largest absolute Gasteiger partial charge is 0.469 e. The van der Waals surface area contributed by atoms with E-state index in [1.807, 2.05) is 13.0 Å². The number of aryl methyl sites for hydroxylation is 1. The van der Waals surface area contributed by atoms with Gasteiger partial charge >= 0.3 is 0 Å². The minimum atomic E-state index is 0.179. The van der Waals surface area contributed by atoms with E-state index in [1.54, 1.807) is 6.26 Å². The molecule has 0 saturated heterocycles. The standard InChI is InChI=1S/C15H22N2O/c1-11-4-5-13(9-16)15(8-11)17(3)10-14-6-7-18-12(14)2/h6-7,11,13,15H,4-5,8,10H2,1-3H3. The zero-order valence-corrected chi connectivity index (χ0v) is 11.5. The molecule has 2 rings (SSSR count). The number of nitrogens with zero attached hydrogens (tertiary/aromatic N) is 2. The lowest BCUT2D eigenvalue weighted by Crippen LogP contribution is -2.41. The van der Waals surface area contributed by atoms with Gasteiger partial charge in [-0.1, -0.05) is 6.92 Å². The van der Waals surface area contributed by atoms with Crippen LogP contribution in [0.5, 0.6) is 0 Å². The molecule has 0 amide bonds. The summed E-state index contributed by atoms with van der Waals surface area (Å²) in [6.07, 6.45) is 5.10. The van der Waals surface area contributed by atoms with Crippen molar-refractivity contribution >= 4 is 0 Å². The van der Waals surface area contributed by atoms with Crippen molar-refractivity contribution in [1.82, 2.24) is 4.90 Å². The van der Waals surface area contributed by atoms with Crippen LogP contribution in [0.1, 0.15) is 37.5 Å². The van der Waals surface area contributed by atoms with Crippen LogP contribution < -0.4 is 0 Å². The van der Waals surface area contributed by atoms with Gasteiger partial charge in [0.25, 0.3) is 0 Å². The van der Waals surface area contributed by atoms with E-state index in [1.165, 1.54) is 12.0 Å². The predicted octanol–water partition coefficient (Wildman–Crippen LogP) is 3.35. The summed E-state index contributed by atoms with van der Waals surface area (Å²) in [6, 6.07) is 4.89. The molecular weight excluding hydrogens is 224 g/mol. The van der Waals surface area contributed by atoms with Gasteiger partial charge in [-0.2, -0.15) is 5.26 Å². The van der Waals surface area contributed by atoms with Crippen LogP contribution in [0.25, 0.3) is 0 Å². The third kappa shape index (κ3) is 2.76. The van der Waals surface area contributed by atoms with Crippen LogP contribution in [0.4, 0.5) is 0 Å². The Morgan fingerprint density at radius 3 is 2.89 bits per heavy atom. The van der Waals surface area contributed by atoms with Gasteiger partial charge in [0.2, 0.25) is 0 Å². The Morgan fingerprint density at radius 2 is 2.28 bits per heavy atom. The third-order valence-electron chi connectivity index (χ3n) is 4.20. The van der Waals surface area contributed by atoms with Crippen molar-refractivity contribution < 1.29 is 4.42 Å². The summed E-state index contributed by atoms with van der Waals surface area (Å²) in [5.74, 6) is 1.89. The number of nitriles is 1. The van der Waals surface area contributed by atoms with Crippen molar-refractivity contribution in [3.8, 4) is 6.07 Å². The Labute approximate surface area is 109 Å². The fraction of sp³-hybridized carbons (Fsp3) is 0.667. The minimum Gasteiger partial charge on any atom is -0.469 e. The van der Waals surface area contributed by atoms with Gasteiger partial charge in [0.15, 0.2) is 0 Å². The van der Waals surface area contributed by atoms with Gasteiger partial charge in [-0.3, -0.25) is 4.90 Å². The van der Waals surface area contributed by atoms with Gasteiger partial charge in [-0.15, -0.1) is 0 Å². The molecule has 1 saturated carbocycles. The zero-order valence-electron chi connectivity index (χ0n) is 11.5. The molecule has 0 spiro atoms. The molecule has 1 heterocycles. The fourth-order valence-electron chi connectivity index (χ4n) is 2.95. The van der Waals surface area contributed by atoms with Gasteiger partial charge in [-0.25, -0.2) is 0 Å². The highest BCUT2D eigenvalue weighted by molar-refractivity contribution is 5.15. The lowest BCUT2D eigenvalue weighted by Gasteiger charge is -2.37. The van der Waals surface area contributed by atoms with Crippen LogP contribution in [0.2, 0.25) is 0 Å². The third-order valence-corrected chi connectivity index (χ3v) is 4.20. The normalized spacial score (nSPS) is 28.3.